The number of hydrogen-bond acceptors (Lipinski definition) is 3. The number of fused-ring (bicyclic) bond motifs is 4. The van der Waals surface area contributed by atoms with Gasteiger partial charge in [0.2, 0.25) is 0 Å². The third-order valence-corrected chi connectivity index (χ3v) is 5.83. The number of aromatic nitrogens is 1. The van der Waals surface area contributed by atoms with Crippen molar-refractivity contribution in [1.29, 1.82) is 0 Å². The normalized spacial score (nSPS) is 32.3. The molecule has 0 amide bonds. The maximum atomic E-state index is 11.1. The molecule has 1 unspecified atom stereocenters. The monoisotopic (exact) mass is 296 g/mol. The minimum absolute atomic E-state index is 0.271. The molecule has 3 nitrogen and oxygen atoms in total. The molecule has 5 rings (SSSR count). The molecule has 3 aliphatic rings. The molecule has 2 aromatic rings. The molecule has 1 N–H and O–H groups in total. The molecule has 1 aromatic carbocycles. The van der Waals surface area contributed by atoms with Crippen LogP contribution in [0.15, 0.2) is 36.5 Å². The quantitative estimate of drug-likeness (QED) is 0.943. The molecule has 3 aliphatic heterocycles. The van der Waals surface area contributed by atoms with Crippen LogP contribution in [-0.4, -0.2) is 34.1 Å². The summed E-state index contributed by atoms with van der Waals surface area (Å²) in [6, 6.07) is 10.4. The summed E-state index contributed by atoms with van der Waals surface area (Å²) in [5.41, 5.74) is 2.01. The molecule has 22 heavy (non-hydrogen) atoms. The van der Waals surface area contributed by atoms with Gasteiger partial charge >= 0.3 is 0 Å². The molecule has 5 atom stereocenters. The Kier molecular flexibility index (Phi) is 3.63. The van der Waals surface area contributed by atoms with Crippen LogP contribution in [0.1, 0.15) is 37.9 Å². The molecule has 1 aromatic heterocycles. The number of rotatable bonds is 3. The lowest BCUT2D eigenvalue weighted by Crippen LogP contribution is -2.55. The zero-order chi connectivity index (χ0) is 15.1. The number of aliphatic hydroxyl groups excluding tert-OH is 1. The topological polar surface area (TPSA) is 36.4 Å². The number of para-hydroxylation sites is 1. The van der Waals surface area contributed by atoms with Crippen molar-refractivity contribution in [3.05, 3.63) is 42.1 Å². The molecule has 3 heteroatoms. The lowest BCUT2D eigenvalue weighted by molar-refractivity contribution is -0.0562. The van der Waals surface area contributed by atoms with Gasteiger partial charge in [-0.3, -0.25) is 9.88 Å². The Morgan fingerprint density at radius 2 is 2.18 bits per heavy atom. The van der Waals surface area contributed by atoms with Gasteiger partial charge in [-0.25, -0.2) is 0 Å². The first-order valence-corrected chi connectivity index (χ1v) is 8.53. The van der Waals surface area contributed by atoms with Crippen molar-refractivity contribution in [2.75, 3.05) is 13.1 Å². The van der Waals surface area contributed by atoms with E-state index in [-0.39, 0.29) is 6.04 Å². The van der Waals surface area contributed by atoms with E-state index in [1.165, 1.54) is 12.8 Å². The van der Waals surface area contributed by atoms with Gasteiger partial charge in [-0.05, 0) is 48.9 Å². The second-order valence-corrected chi connectivity index (χ2v) is 6.88. The number of hydrogen-bond donors (Lipinski definition) is 1. The van der Waals surface area contributed by atoms with Crippen LogP contribution in [0.2, 0.25) is 0 Å². The molecule has 0 spiro atoms. The van der Waals surface area contributed by atoms with Crippen LogP contribution in [0.5, 0.6) is 0 Å². The second-order valence-electron chi connectivity index (χ2n) is 6.88. The fraction of sp³-hybridized carbons (Fsp3) is 0.526. The number of aliphatic hydroxyl groups is 1. The first kappa shape index (κ1) is 14.2. The molecule has 116 valence electrons. The first-order valence-electron chi connectivity index (χ1n) is 8.53. The Morgan fingerprint density at radius 3 is 2.95 bits per heavy atom. The highest BCUT2D eigenvalue weighted by Crippen LogP contribution is 2.42. The summed E-state index contributed by atoms with van der Waals surface area (Å²) >= 11 is 0. The van der Waals surface area contributed by atoms with E-state index in [0.29, 0.717) is 0 Å². The highest BCUT2D eigenvalue weighted by atomic mass is 16.3. The Morgan fingerprint density at radius 1 is 1.32 bits per heavy atom. The van der Waals surface area contributed by atoms with Gasteiger partial charge in [-0.2, -0.15) is 0 Å². The predicted molar refractivity (Wildman–Crippen MR) is 88.6 cm³/mol. The predicted octanol–water partition coefficient (Wildman–Crippen LogP) is 3.39. The molecule has 0 aliphatic carbocycles. The van der Waals surface area contributed by atoms with Gasteiger partial charge in [0.05, 0.1) is 11.6 Å². The average molecular weight is 296 g/mol. The molecule has 0 saturated carbocycles. The number of nitrogens with zero attached hydrogens (tertiary/aromatic N) is 2. The van der Waals surface area contributed by atoms with Gasteiger partial charge in [-0.15, -0.1) is 0 Å². The summed E-state index contributed by atoms with van der Waals surface area (Å²) in [7, 11) is 0. The maximum Gasteiger partial charge on any atom is 0.0952 e. The van der Waals surface area contributed by atoms with E-state index in [1.807, 2.05) is 30.5 Å². The van der Waals surface area contributed by atoms with Crippen LogP contribution in [0.3, 0.4) is 0 Å². The first-order chi connectivity index (χ1) is 10.8. The third kappa shape index (κ3) is 2.24. The van der Waals surface area contributed by atoms with Crippen molar-refractivity contribution < 1.29 is 5.11 Å². The number of benzene rings is 1. The largest absolute Gasteiger partial charge is 0.387 e. The van der Waals surface area contributed by atoms with E-state index in [1.54, 1.807) is 0 Å². The zero-order valence-electron chi connectivity index (χ0n) is 13.2. The Hall–Kier alpha value is -1.45. The molecule has 0 radical (unpaired) electrons. The minimum Gasteiger partial charge on any atom is -0.387 e. The fourth-order valence-corrected chi connectivity index (χ4v) is 4.55. The van der Waals surface area contributed by atoms with E-state index >= 15 is 0 Å². The van der Waals surface area contributed by atoms with Crippen LogP contribution in [-0.2, 0) is 0 Å². The summed E-state index contributed by atoms with van der Waals surface area (Å²) in [4.78, 5) is 6.94. The average Bonchev–Trinajstić information content (AvgIpc) is 2.60. The molecule has 3 fully saturated rings. The van der Waals surface area contributed by atoms with Crippen molar-refractivity contribution in [3.63, 3.8) is 0 Å². The van der Waals surface area contributed by atoms with Crippen LogP contribution in [0.25, 0.3) is 10.9 Å². The lowest BCUT2D eigenvalue weighted by Gasteiger charge is -2.51. The standard InChI is InChI=1S/C19H24N2O/c1-2-13-12-21-10-8-14(13)11-18(21)19(22)16-7-9-20-17-6-4-3-5-15(16)17/h3-7,9,13-14,18-19,22H,2,8,10-12H2,1H3/t13-,14+,18-,19+/m0/s1. The highest BCUT2D eigenvalue weighted by Gasteiger charge is 2.42. The summed E-state index contributed by atoms with van der Waals surface area (Å²) in [5, 5.41) is 12.1. The van der Waals surface area contributed by atoms with E-state index in [2.05, 4.69) is 22.9 Å². The van der Waals surface area contributed by atoms with E-state index in [0.717, 1.165) is 47.8 Å². The summed E-state index contributed by atoms with van der Waals surface area (Å²) < 4.78 is 0. The fourth-order valence-electron chi connectivity index (χ4n) is 4.55. The van der Waals surface area contributed by atoms with Crippen molar-refractivity contribution in [1.82, 2.24) is 9.88 Å². The van der Waals surface area contributed by atoms with Gasteiger partial charge in [0.25, 0.3) is 0 Å². The van der Waals surface area contributed by atoms with Crippen LogP contribution >= 0.6 is 0 Å². The van der Waals surface area contributed by atoms with Gasteiger partial charge in [-0.1, -0.05) is 31.5 Å². The Bertz CT molecular complexity index is 666. The minimum atomic E-state index is -0.409. The zero-order valence-corrected chi connectivity index (χ0v) is 13.2. The second kappa shape index (κ2) is 5.64. The summed E-state index contributed by atoms with van der Waals surface area (Å²) in [6.07, 6.45) is 5.12. The summed E-state index contributed by atoms with van der Waals surface area (Å²) in [5.74, 6) is 1.62. The Balaban J connectivity index is 1.66. The highest BCUT2D eigenvalue weighted by molar-refractivity contribution is 5.82. The molecule has 3 saturated heterocycles. The SMILES string of the molecule is CC[C@H]1CN2CC[C@@H]1C[C@H]2[C@H](O)c1ccnc2ccccc12. The van der Waals surface area contributed by atoms with Crippen molar-refractivity contribution >= 4 is 10.9 Å². The van der Waals surface area contributed by atoms with Gasteiger partial charge in [0, 0.05) is 24.2 Å². The molecular weight excluding hydrogens is 272 g/mol. The number of piperidine rings is 3. The molecule has 4 heterocycles. The van der Waals surface area contributed by atoms with Crippen molar-refractivity contribution in [3.8, 4) is 0 Å². The van der Waals surface area contributed by atoms with Crippen molar-refractivity contribution in [2.45, 2.75) is 38.3 Å². The Labute approximate surface area is 132 Å². The summed E-state index contributed by atoms with van der Waals surface area (Å²) in [6.45, 7) is 4.60. The van der Waals surface area contributed by atoms with E-state index in [9.17, 15) is 5.11 Å². The van der Waals surface area contributed by atoms with Crippen LogP contribution in [0, 0.1) is 11.8 Å². The van der Waals surface area contributed by atoms with E-state index < -0.39 is 6.10 Å². The lowest BCUT2D eigenvalue weighted by atomic mass is 9.72. The van der Waals surface area contributed by atoms with Gasteiger partial charge < -0.3 is 5.11 Å². The van der Waals surface area contributed by atoms with Gasteiger partial charge in [0.1, 0.15) is 0 Å². The third-order valence-electron chi connectivity index (χ3n) is 5.83. The van der Waals surface area contributed by atoms with Gasteiger partial charge in [0.15, 0.2) is 0 Å². The smallest absolute Gasteiger partial charge is 0.0952 e. The molecule has 2 bridgehead atoms. The van der Waals surface area contributed by atoms with Crippen LogP contribution in [0.4, 0.5) is 0 Å². The number of pyridine rings is 1. The maximum absolute atomic E-state index is 11.1. The van der Waals surface area contributed by atoms with Crippen LogP contribution < -0.4 is 0 Å². The van der Waals surface area contributed by atoms with E-state index in [4.69, 9.17) is 0 Å². The van der Waals surface area contributed by atoms with Crippen molar-refractivity contribution in [2.24, 2.45) is 11.8 Å². The molecular formula is C19H24N2O.